The SMILES string of the molecule is Clc1nc2ccccc2cc1CN1CCC(N2CC(n3cc(-c4ncnc5[nH]ccc45)cn3)C2)CC1. The van der Waals surface area contributed by atoms with Crippen LogP contribution in [0.2, 0.25) is 5.15 Å². The zero-order valence-electron chi connectivity index (χ0n) is 19.9. The molecule has 0 saturated carbocycles. The fraction of sp³-hybridized carbons (Fsp3) is 0.333. The molecule has 0 amide bonds. The smallest absolute Gasteiger partial charge is 0.141 e. The molecular formula is C27H27ClN8. The van der Waals surface area contributed by atoms with Crippen molar-refractivity contribution >= 4 is 33.5 Å². The molecule has 0 bridgehead atoms. The van der Waals surface area contributed by atoms with Crippen molar-refractivity contribution < 1.29 is 0 Å². The van der Waals surface area contributed by atoms with Crippen LogP contribution in [0.15, 0.2) is 61.3 Å². The molecule has 0 aliphatic carbocycles. The average Bonchev–Trinajstić information content (AvgIpc) is 3.55. The van der Waals surface area contributed by atoms with Crippen LogP contribution in [-0.2, 0) is 6.54 Å². The fourth-order valence-corrected chi connectivity index (χ4v) is 5.85. The highest BCUT2D eigenvalue weighted by Crippen LogP contribution is 2.31. The molecule has 6 heterocycles. The number of nitrogens with zero attached hydrogens (tertiary/aromatic N) is 7. The van der Waals surface area contributed by atoms with E-state index in [0.29, 0.717) is 17.2 Å². The van der Waals surface area contributed by atoms with E-state index >= 15 is 0 Å². The van der Waals surface area contributed by atoms with Gasteiger partial charge in [-0.1, -0.05) is 29.8 Å². The number of para-hydroxylation sites is 1. The summed E-state index contributed by atoms with van der Waals surface area (Å²) < 4.78 is 2.11. The number of likely N-dealkylation sites (tertiary alicyclic amines) is 2. The van der Waals surface area contributed by atoms with Crippen LogP contribution < -0.4 is 0 Å². The summed E-state index contributed by atoms with van der Waals surface area (Å²) in [6.45, 7) is 5.13. The second kappa shape index (κ2) is 8.96. The standard InChI is InChI=1S/C27H27ClN8/c28-26-19(11-18-3-1-2-4-24(18)33-26)13-34-9-6-21(7-10-34)35-15-22(16-35)36-14-20(12-32-36)25-23-5-8-29-27(23)31-17-30-25/h1-5,8,11-12,14,17,21-22H,6-7,9-10,13,15-16H2,(H,29,30,31). The molecule has 182 valence electrons. The van der Waals surface area contributed by atoms with E-state index in [-0.39, 0.29) is 0 Å². The number of aromatic nitrogens is 6. The van der Waals surface area contributed by atoms with Crippen molar-refractivity contribution in [1.29, 1.82) is 0 Å². The Morgan fingerprint density at radius 2 is 1.89 bits per heavy atom. The van der Waals surface area contributed by atoms with Gasteiger partial charge in [-0.25, -0.2) is 15.0 Å². The van der Waals surface area contributed by atoms with Crippen molar-refractivity contribution in [3.63, 3.8) is 0 Å². The van der Waals surface area contributed by atoms with Crippen LogP contribution in [0.1, 0.15) is 24.4 Å². The maximum absolute atomic E-state index is 6.51. The van der Waals surface area contributed by atoms with Crippen molar-refractivity contribution in [1.82, 2.24) is 39.5 Å². The molecule has 1 aromatic carbocycles. The second-order valence-electron chi connectivity index (χ2n) is 9.92. The van der Waals surface area contributed by atoms with Crippen LogP contribution in [0.5, 0.6) is 0 Å². The molecule has 1 N–H and O–H groups in total. The van der Waals surface area contributed by atoms with Crippen molar-refractivity contribution in [3.05, 3.63) is 72.0 Å². The van der Waals surface area contributed by atoms with E-state index in [9.17, 15) is 0 Å². The number of hydrogen-bond donors (Lipinski definition) is 1. The van der Waals surface area contributed by atoms with Crippen molar-refractivity contribution in [2.75, 3.05) is 26.2 Å². The molecular weight excluding hydrogens is 472 g/mol. The van der Waals surface area contributed by atoms with Crippen molar-refractivity contribution in [2.24, 2.45) is 0 Å². The minimum Gasteiger partial charge on any atom is -0.346 e. The third-order valence-electron chi connectivity index (χ3n) is 7.71. The molecule has 2 saturated heterocycles. The first-order valence-electron chi connectivity index (χ1n) is 12.5. The lowest BCUT2D eigenvalue weighted by Gasteiger charge is -2.47. The quantitative estimate of drug-likeness (QED) is 0.358. The topological polar surface area (TPSA) is 78.8 Å². The highest BCUT2D eigenvalue weighted by atomic mass is 35.5. The maximum atomic E-state index is 6.51. The molecule has 0 spiro atoms. The first-order chi connectivity index (χ1) is 17.7. The minimum atomic E-state index is 0.419. The van der Waals surface area contributed by atoms with E-state index in [1.165, 1.54) is 12.8 Å². The number of rotatable bonds is 5. The molecule has 0 unspecified atom stereocenters. The molecule has 5 aromatic rings. The Labute approximate surface area is 213 Å². The number of H-pyrrole nitrogens is 1. The molecule has 0 atom stereocenters. The van der Waals surface area contributed by atoms with Crippen LogP contribution in [0.3, 0.4) is 0 Å². The van der Waals surface area contributed by atoms with Gasteiger partial charge in [0, 0.05) is 60.0 Å². The Bertz CT molecular complexity index is 1530. The summed E-state index contributed by atoms with van der Waals surface area (Å²) in [5.41, 5.74) is 4.89. The van der Waals surface area contributed by atoms with Gasteiger partial charge >= 0.3 is 0 Å². The Morgan fingerprint density at radius 1 is 1.03 bits per heavy atom. The predicted octanol–water partition coefficient (Wildman–Crippen LogP) is 4.54. The number of aromatic amines is 1. The van der Waals surface area contributed by atoms with E-state index in [2.05, 4.69) is 57.8 Å². The first kappa shape index (κ1) is 21.9. The number of fused-ring (bicyclic) bond motifs is 2. The van der Waals surface area contributed by atoms with Gasteiger partial charge in [-0.3, -0.25) is 14.5 Å². The summed E-state index contributed by atoms with van der Waals surface area (Å²) in [6.07, 6.45) is 9.91. The number of hydrogen-bond acceptors (Lipinski definition) is 6. The molecule has 8 nitrogen and oxygen atoms in total. The lowest BCUT2D eigenvalue weighted by molar-refractivity contribution is 0.0191. The Balaban J connectivity index is 0.948. The summed E-state index contributed by atoms with van der Waals surface area (Å²) in [4.78, 5) is 21.7. The number of benzene rings is 1. The average molecular weight is 499 g/mol. The summed E-state index contributed by atoms with van der Waals surface area (Å²) in [7, 11) is 0. The summed E-state index contributed by atoms with van der Waals surface area (Å²) >= 11 is 6.51. The summed E-state index contributed by atoms with van der Waals surface area (Å²) in [5.74, 6) is 0. The van der Waals surface area contributed by atoms with Crippen LogP contribution in [0, 0.1) is 0 Å². The molecule has 4 aromatic heterocycles. The fourth-order valence-electron chi connectivity index (χ4n) is 5.65. The third kappa shape index (κ3) is 3.95. The van der Waals surface area contributed by atoms with Crippen molar-refractivity contribution in [3.8, 4) is 11.3 Å². The van der Waals surface area contributed by atoms with Gasteiger partial charge in [0.25, 0.3) is 0 Å². The molecule has 2 aliphatic rings. The van der Waals surface area contributed by atoms with E-state index in [1.807, 2.05) is 36.7 Å². The number of piperidine rings is 1. The first-order valence-corrected chi connectivity index (χ1v) is 12.9. The Kier molecular flexibility index (Phi) is 5.45. The van der Waals surface area contributed by atoms with E-state index in [0.717, 1.165) is 71.5 Å². The molecule has 9 heteroatoms. The van der Waals surface area contributed by atoms with Gasteiger partial charge in [0.1, 0.15) is 17.1 Å². The highest BCUT2D eigenvalue weighted by Gasteiger charge is 2.35. The predicted molar refractivity (Wildman–Crippen MR) is 141 cm³/mol. The maximum Gasteiger partial charge on any atom is 0.141 e. The minimum absolute atomic E-state index is 0.419. The molecule has 7 rings (SSSR count). The second-order valence-corrected chi connectivity index (χ2v) is 10.3. The van der Waals surface area contributed by atoms with Crippen LogP contribution >= 0.6 is 11.6 Å². The highest BCUT2D eigenvalue weighted by molar-refractivity contribution is 6.30. The van der Waals surface area contributed by atoms with Gasteiger partial charge in [0.15, 0.2) is 0 Å². The largest absolute Gasteiger partial charge is 0.346 e. The third-order valence-corrected chi connectivity index (χ3v) is 8.04. The Hall–Kier alpha value is -3.33. The van der Waals surface area contributed by atoms with E-state index in [4.69, 9.17) is 11.6 Å². The van der Waals surface area contributed by atoms with Crippen LogP contribution in [0.4, 0.5) is 0 Å². The van der Waals surface area contributed by atoms with Gasteiger partial charge < -0.3 is 4.98 Å². The normalized spacial score (nSPS) is 18.2. The zero-order valence-corrected chi connectivity index (χ0v) is 20.6. The number of nitrogens with one attached hydrogen (secondary N) is 1. The van der Waals surface area contributed by atoms with Gasteiger partial charge in [-0.05, 0) is 44.1 Å². The zero-order chi connectivity index (χ0) is 24.1. The molecule has 0 radical (unpaired) electrons. The van der Waals surface area contributed by atoms with Gasteiger partial charge in [-0.2, -0.15) is 5.10 Å². The van der Waals surface area contributed by atoms with E-state index < -0.39 is 0 Å². The number of halogens is 1. The van der Waals surface area contributed by atoms with Crippen LogP contribution in [0.25, 0.3) is 33.2 Å². The van der Waals surface area contributed by atoms with Gasteiger partial charge in [-0.15, -0.1) is 0 Å². The summed E-state index contributed by atoms with van der Waals surface area (Å²) in [5, 5.41) is 7.47. The lowest BCUT2D eigenvalue weighted by Crippen LogP contribution is -2.55. The molecule has 36 heavy (non-hydrogen) atoms. The van der Waals surface area contributed by atoms with Gasteiger partial charge in [0.2, 0.25) is 0 Å². The van der Waals surface area contributed by atoms with E-state index in [1.54, 1.807) is 6.33 Å². The summed E-state index contributed by atoms with van der Waals surface area (Å²) in [6, 6.07) is 13.4. The van der Waals surface area contributed by atoms with Crippen molar-refractivity contribution in [2.45, 2.75) is 31.5 Å². The Morgan fingerprint density at radius 3 is 2.78 bits per heavy atom. The molecule has 2 fully saturated rings. The monoisotopic (exact) mass is 498 g/mol. The number of pyridine rings is 1. The molecule has 2 aliphatic heterocycles. The lowest BCUT2D eigenvalue weighted by atomic mass is 9.97. The van der Waals surface area contributed by atoms with Crippen LogP contribution in [-0.4, -0.2) is 71.7 Å². The van der Waals surface area contributed by atoms with Gasteiger partial charge in [0.05, 0.1) is 23.4 Å².